The van der Waals surface area contributed by atoms with Crippen LogP contribution in [0.2, 0.25) is 0 Å². The molecule has 1 amide bonds. The third-order valence-corrected chi connectivity index (χ3v) is 8.89. The second-order valence-corrected chi connectivity index (χ2v) is 11.1. The molecule has 0 spiro atoms. The molecule has 2 aromatic carbocycles. The molecule has 0 unspecified atom stereocenters. The summed E-state index contributed by atoms with van der Waals surface area (Å²) in [6.45, 7) is 3.21. The van der Waals surface area contributed by atoms with Crippen LogP contribution in [0.4, 0.5) is 5.82 Å². The summed E-state index contributed by atoms with van der Waals surface area (Å²) >= 11 is 1.12. The highest BCUT2D eigenvalue weighted by molar-refractivity contribution is 7.89. The summed E-state index contributed by atoms with van der Waals surface area (Å²) < 4.78 is 30.1. The van der Waals surface area contributed by atoms with Gasteiger partial charge in [0.05, 0.1) is 12.7 Å². The Bertz CT molecular complexity index is 1440. The Kier molecular flexibility index (Phi) is 6.07. The highest BCUT2D eigenvalue weighted by atomic mass is 32.2. The van der Waals surface area contributed by atoms with Crippen LogP contribution in [0.3, 0.4) is 0 Å². The fourth-order valence-electron chi connectivity index (χ4n) is 4.08. The van der Waals surface area contributed by atoms with Gasteiger partial charge in [0, 0.05) is 19.2 Å². The zero-order valence-electron chi connectivity index (χ0n) is 18.6. The molecule has 0 bridgehead atoms. The minimum atomic E-state index is -3.82. The molecule has 2 aromatic heterocycles. The zero-order chi connectivity index (χ0) is 23.7. The molecule has 1 aliphatic rings. The van der Waals surface area contributed by atoms with Crippen molar-refractivity contribution in [2.45, 2.75) is 31.3 Å². The lowest BCUT2D eigenvalue weighted by atomic mass is 10.0. The monoisotopic (exact) mass is 492 g/mol. The number of sulfonamides is 1. The van der Waals surface area contributed by atoms with Crippen LogP contribution in [0.5, 0.6) is 0 Å². The molecule has 0 aliphatic carbocycles. The number of aromatic nitrogens is 2. The average molecular weight is 493 g/mol. The molecule has 0 saturated carbocycles. The van der Waals surface area contributed by atoms with Crippen molar-refractivity contribution in [3.63, 3.8) is 0 Å². The molecule has 34 heavy (non-hydrogen) atoms. The molecule has 0 fully saturated rings. The van der Waals surface area contributed by atoms with Gasteiger partial charge in [-0.3, -0.25) is 4.79 Å². The van der Waals surface area contributed by atoms with Gasteiger partial charge in [0.15, 0.2) is 0 Å². The van der Waals surface area contributed by atoms with Gasteiger partial charge in [-0.1, -0.05) is 54.1 Å². The van der Waals surface area contributed by atoms with E-state index in [1.165, 1.54) is 21.5 Å². The maximum atomic E-state index is 13.5. The summed E-state index contributed by atoms with van der Waals surface area (Å²) in [5.41, 5.74) is 4.38. The van der Waals surface area contributed by atoms with Crippen molar-refractivity contribution in [3.05, 3.63) is 99.4 Å². The molecule has 4 aromatic rings. The van der Waals surface area contributed by atoms with E-state index >= 15 is 0 Å². The summed E-state index contributed by atoms with van der Waals surface area (Å²) in [6, 6.07) is 19.2. The molecule has 0 saturated heterocycles. The van der Waals surface area contributed by atoms with E-state index in [0.717, 1.165) is 22.5 Å². The van der Waals surface area contributed by atoms with Gasteiger partial charge in [-0.05, 0) is 41.5 Å². The highest BCUT2D eigenvalue weighted by Gasteiger charge is 2.32. The van der Waals surface area contributed by atoms with Crippen LogP contribution in [0, 0.1) is 6.92 Å². The molecule has 1 aliphatic heterocycles. The van der Waals surface area contributed by atoms with Crippen molar-refractivity contribution in [2.75, 3.05) is 11.9 Å². The van der Waals surface area contributed by atoms with Gasteiger partial charge in [0.25, 0.3) is 5.91 Å². The minimum absolute atomic E-state index is 0.0407. The Morgan fingerprint density at radius 2 is 1.82 bits per heavy atom. The number of aryl methyl sites for hydroxylation is 1. The first-order valence-electron chi connectivity index (χ1n) is 10.9. The highest BCUT2D eigenvalue weighted by Crippen LogP contribution is 2.30. The van der Waals surface area contributed by atoms with Crippen LogP contribution in [0.25, 0.3) is 0 Å². The maximum absolute atomic E-state index is 13.5. The molecule has 3 heterocycles. The van der Waals surface area contributed by atoms with Crippen molar-refractivity contribution in [1.29, 1.82) is 0 Å². The molecule has 174 valence electrons. The van der Waals surface area contributed by atoms with Crippen LogP contribution in [0.15, 0.2) is 77.1 Å². The predicted octanol–water partition coefficient (Wildman–Crippen LogP) is 4.30. The maximum Gasteiger partial charge on any atom is 0.268 e. The number of rotatable bonds is 6. The second kappa shape index (κ2) is 9.17. The molecule has 0 radical (unpaired) electrons. The SMILES string of the molecule is Cc1ccc(Cn2nccc2NC(=O)c2sccc2S(=O)(=O)N2CCc3ccccc3C2)cc1. The lowest BCUT2D eigenvalue weighted by molar-refractivity contribution is 0.102. The Balaban J connectivity index is 1.35. The summed E-state index contributed by atoms with van der Waals surface area (Å²) in [4.78, 5) is 13.4. The van der Waals surface area contributed by atoms with E-state index in [-0.39, 0.29) is 9.77 Å². The number of benzene rings is 2. The van der Waals surface area contributed by atoms with Gasteiger partial charge >= 0.3 is 0 Å². The van der Waals surface area contributed by atoms with Crippen molar-refractivity contribution in [3.8, 4) is 0 Å². The third kappa shape index (κ3) is 4.42. The molecule has 5 rings (SSSR count). The van der Waals surface area contributed by atoms with E-state index in [0.29, 0.717) is 31.9 Å². The smallest absolute Gasteiger partial charge is 0.268 e. The van der Waals surface area contributed by atoms with Gasteiger partial charge in [-0.15, -0.1) is 11.3 Å². The molecule has 1 N–H and O–H groups in total. The van der Waals surface area contributed by atoms with E-state index in [9.17, 15) is 13.2 Å². The van der Waals surface area contributed by atoms with Gasteiger partial charge in [0.1, 0.15) is 15.6 Å². The first-order chi connectivity index (χ1) is 16.4. The minimum Gasteiger partial charge on any atom is -0.306 e. The van der Waals surface area contributed by atoms with Gasteiger partial charge in [0.2, 0.25) is 10.0 Å². The number of nitrogens with one attached hydrogen (secondary N) is 1. The lowest BCUT2D eigenvalue weighted by Gasteiger charge is -2.28. The van der Waals surface area contributed by atoms with Gasteiger partial charge in [-0.25, -0.2) is 13.1 Å². The summed E-state index contributed by atoms with van der Waals surface area (Å²) in [5, 5.41) is 8.80. The van der Waals surface area contributed by atoms with Crippen molar-refractivity contribution in [1.82, 2.24) is 14.1 Å². The van der Waals surface area contributed by atoms with E-state index in [4.69, 9.17) is 0 Å². The van der Waals surface area contributed by atoms with Crippen LogP contribution in [0.1, 0.15) is 31.9 Å². The Morgan fingerprint density at radius 3 is 2.62 bits per heavy atom. The third-order valence-electron chi connectivity index (χ3n) is 5.96. The predicted molar refractivity (Wildman–Crippen MR) is 133 cm³/mol. The van der Waals surface area contributed by atoms with Crippen LogP contribution in [-0.4, -0.2) is 35.0 Å². The summed E-state index contributed by atoms with van der Waals surface area (Å²) in [7, 11) is -3.82. The number of amides is 1. The van der Waals surface area contributed by atoms with E-state index in [1.807, 2.05) is 55.5 Å². The number of thiophene rings is 1. The van der Waals surface area contributed by atoms with Crippen molar-refractivity contribution in [2.24, 2.45) is 0 Å². The Hall–Kier alpha value is -3.27. The normalized spacial score (nSPS) is 14.0. The molecule has 0 atom stereocenters. The van der Waals surface area contributed by atoms with Crippen molar-refractivity contribution < 1.29 is 13.2 Å². The first-order valence-corrected chi connectivity index (χ1v) is 13.3. The number of carbonyl (C=O) groups excluding carboxylic acids is 1. The van der Waals surface area contributed by atoms with Crippen LogP contribution in [-0.2, 0) is 29.5 Å². The number of anilines is 1. The van der Waals surface area contributed by atoms with Crippen molar-refractivity contribution >= 4 is 33.1 Å². The first kappa shape index (κ1) is 22.5. The van der Waals surface area contributed by atoms with E-state index < -0.39 is 15.9 Å². The second-order valence-electron chi connectivity index (χ2n) is 8.29. The van der Waals surface area contributed by atoms with E-state index in [1.54, 1.807) is 22.3 Å². The average Bonchev–Trinajstić information content (AvgIpc) is 3.50. The van der Waals surface area contributed by atoms with Gasteiger partial charge in [-0.2, -0.15) is 9.40 Å². The molecule has 9 heteroatoms. The standard InChI is InChI=1S/C25H24N4O3S2/c1-18-6-8-19(9-7-18)16-29-23(10-13-26-29)27-25(30)24-22(12-15-33-24)34(31,32)28-14-11-20-4-2-3-5-21(20)17-28/h2-10,12-13,15H,11,14,16-17H2,1H3,(H,27,30). The lowest BCUT2D eigenvalue weighted by Crippen LogP contribution is -2.36. The Morgan fingerprint density at radius 1 is 1.06 bits per heavy atom. The number of nitrogens with zero attached hydrogens (tertiary/aromatic N) is 3. The molecular formula is C25H24N4O3S2. The fraction of sp³-hybridized carbons (Fsp3) is 0.200. The summed E-state index contributed by atoms with van der Waals surface area (Å²) in [5.74, 6) is 0.0471. The topological polar surface area (TPSA) is 84.3 Å². The largest absolute Gasteiger partial charge is 0.306 e. The number of hydrogen-bond acceptors (Lipinski definition) is 5. The molecule has 7 nitrogen and oxygen atoms in total. The van der Waals surface area contributed by atoms with Gasteiger partial charge < -0.3 is 5.32 Å². The van der Waals surface area contributed by atoms with Crippen LogP contribution >= 0.6 is 11.3 Å². The number of fused-ring (bicyclic) bond motifs is 1. The molecular weight excluding hydrogens is 468 g/mol. The van der Waals surface area contributed by atoms with E-state index in [2.05, 4.69) is 10.4 Å². The Labute approximate surface area is 202 Å². The number of carbonyl (C=O) groups is 1. The fourth-order valence-corrected chi connectivity index (χ4v) is 6.80. The van der Waals surface area contributed by atoms with Crippen LogP contribution < -0.4 is 5.32 Å². The zero-order valence-corrected chi connectivity index (χ0v) is 20.3. The summed E-state index contributed by atoms with van der Waals surface area (Å²) in [6.07, 6.45) is 2.26. The quantitative estimate of drug-likeness (QED) is 0.435. The number of hydrogen-bond donors (Lipinski definition) is 1.